The van der Waals surface area contributed by atoms with Crippen molar-refractivity contribution in [2.24, 2.45) is 0 Å². The molecule has 0 atom stereocenters. The molecule has 0 fully saturated rings. The fourth-order valence-corrected chi connectivity index (χ4v) is 3.74. The minimum atomic E-state index is 0.635. The molecular weight excluding hydrogens is 346 g/mol. The number of pyridine rings is 2. The molecule has 5 rings (SSSR count). The van der Waals surface area contributed by atoms with Gasteiger partial charge < -0.3 is 4.74 Å². The predicted molar refractivity (Wildman–Crippen MR) is 110 cm³/mol. The number of hydrogen-bond acceptors (Lipinski definition) is 2. The molecule has 136 valence electrons. The van der Waals surface area contributed by atoms with E-state index >= 15 is 0 Å². The Hall–Kier alpha value is -3.66. The molecule has 0 bridgehead atoms. The second-order valence-corrected chi connectivity index (χ2v) is 6.75. The molecule has 0 aliphatic carbocycles. The smallest absolute Gasteiger partial charge is 0.287 e. The number of aromatic nitrogens is 3. The number of hydrogen-bond donors (Lipinski definition) is 0. The van der Waals surface area contributed by atoms with Gasteiger partial charge in [0, 0.05) is 17.7 Å². The van der Waals surface area contributed by atoms with Crippen molar-refractivity contribution in [3.8, 4) is 17.1 Å². The van der Waals surface area contributed by atoms with Crippen LogP contribution in [0.2, 0.25) is 0 Å². The van der Waals surface area contributed by atoms with Crippen LogP contribution < -0.4 is 9.30 Å². The lowest BCUT2D eigenvalue weighted by Gasteiger charge is -2.06. The minimum Gasteiger partial charge on any atom is -0.478 e. The normalized spacial score (nSPS) is 11.2. The van der Waals surface area contributed by atoms with Crippen LogP contribution in [0.5, 0.6) is 5.88 Å². The molecule has 0 spiro atoms. The Morgan fingerprint density at radius 1 is 0.893 bits per heavy atom. The molecule has 4 nitrogen and oxygen atoms in total. The van der Waals surface area contributed by atoms with Crippen LogP contribution in [0.15, 0.2) is 91.1 Å². The quantitative estimate of drug-likeness (QED) is 0.439. The van der Waals surface area contributed by atoms with Gasteiger partial charge in [-0.25, -0.2) is 9.55 Å². The van der Waals surface area contributed by atoms with Gasteiger partial charge in [0.1, 0.15) is 6.54 Å². The lowest BCUT2D eigenvalue weighted by molar-refractivity contribution is -0.636. The van der Waals surface area contributed by atoms with Crippen molar-refractivity contribution in [2.75, 3.05) is 7.11 Å². The molecule has 3 heterocycles. The van der Waals surface area contributed by atoms with Gasteiger partial charge in [-0.15, -0.1) is 0 Å². The summed E-state index contributed by atoms with van der Waals surface area (Å²) in [4.78, 5) is 4.83. The second kappa shape index (κ2) is 6.82. The molecule has 0 amide bonds. The van der Waals surface area contributed by atoms with E-state index in [-0.39, 0.29) is 0 Å². The van der Waals surface area contributed by atoms with Gasteiger partial charge in [-0.05, 0) is 11.6 Å². The monoisotopic (exact) mass is 366 g/mol. The van der Waals surface area contributed by atoms with Gasteiger partial charge in [-0.3, -0.25) is 0 Å². The van der Waals surface area contributed by atoms with Crippen LogP contribution in [0, 0.1) is 0 Å². The van der Waals surface area contributed by atoms with Crippen molar-refractivity contribution in [3.63, 3.8) is 0 Å². The van der Waals surface area contributed by atoms with Crippen LogP contribution in [0.25, 0.3) is 27.9 Å². The highest BCUT2D eigenvalue weighted by Crippen LogP contribution is 2.29. The van der Waals surface area contributed by atoms with Crippen molar-refractivity contribution < 1.29 is 9.30 Å². The molecular formula is C24H20N3O+. The summed E-state index contributed by atoms with van der Waals surface area (Å²) < 4.78 is 10.2. The zero-order valence-electron chi connectivity index (χ0n) is 15.6. The first kappa shape index (κ1) is 16.5. The molecule has 0 aliphatic heterocycles. The van der Waals surface area contributed by atoms with E-state index in [1.807, 2.05) is 30.3 Å². The third-order valence-corrected chi connectivity index (χ3v) is 5.03. The summed E-state index contributed by atoms with van der Waals surface area (Å²) in [6, 6.07) is 29.1. The summed E-state index contributed by atoms with van der Waals surface area (Å²) >= 11 is 0. The van der Waals surface area contributed by atoms with Gasteiger partial charge in [-0.1, -0.05) is 66.7 Å². The maximum Gasteiger partial charge on any atom is 0.287 e. The van der Waals surface area contributed by atoms with E-state index in [2.05, 4.69) is 69.8 Å². The van der Waals surface area contributed by atoms with Gasteiger partial charge in [0.15, 0.2) is 5.52 Å². The lowest BCUT2D eigenvalue weighted by atomic mass is 10.1. The largest absolute Gasteiger partial charge is 0.478 e. The molecule has 28 heavy (non-hydrogen) atoms. The maximum atomic E-state index is 5.75. The fourth-order valence-electron chi connectivity index (χ4n) is 3.74. The van der Waals surface area contributed by atoms with Gasteiger partial charge in [0.25, 0.3) is 11.5 Å². The lowest BCUT2D eigenvalue weighted by Crippen LogP contribution is -2.34. The molecule has 5 aromatic rings. The van der Waals surface area contributed by atoms with Crippen LogP contribution >= 0.6 is 0 Å². The number of nitrogens with zero attached hydrogens (tertiary/aromatic N) is 3. The van der Waals surface area contributed by atoms with Gasteiger partial charge in [0.2, 0.25) is 5.52 Å². The average molecular weight is 366 g/mol. The number of benzene rings is 2. The third-order valence-electron chi connectivity index (χ3n) is 5.03. The number of methoxy groups -OCH3 is 1. The Bertz CT molecular complexity index is 1260. The number of fused-ring (bicyclic) bond motifs is 3. The zero-order valence-corrected chi connectivity index (χ0v) is 15.6. The van der Waals surface area contributed by atoms with Crippen molar-refractivity contribution in [1.29, 1.82) is 0 Å². The Balaban J connectivity index is 1.82. The second-order valence-electron chi connectivity index (χ2n) is 6.75. The zero-order chi connectivity index (χ0) is 18.9. The Labute approximate surface area is 163 Å². The van der Waals surface area contributed by atoms with Crippen LogP contribution in [0.3, 0.4) is 0 Å². The van der Waals surface area contributed by atoms with E-state index in [0.717, 1.165) is 34.5 Å². The Kier molecular flexibility index (Phi) is 4.02. The molecule has 0 N–H and O–H groups in total. The first-order valence-electron chi connectivity index (χ1n) is 9.32. The molecule has 3 aromatic heterocycles. The molecule has 0 unspecified atom stereocenters. The van der Waals surface area contributed by atoms with Crippen LogP contribution in [-0.4, -0.2) is 16.5 Å². The van der Waals surface area contributed by atoms with Gasteiger partial charge >= 0.3 is 0 Å². The summed E-state index contributed by atoms with van der Waals surface area (Å²) in [6.07, 6.45) is 2.09. The van der Waals surface area contributed by atoms with E-state index in [1.54, 1.807) is 7.11 Å². The highest BCUT2D eigenvalue weighted by atomic mass is 16.5. The first-order valence-corrected chi connectivity index (χ1v) is 9.32. The molecule has 0 saturated heterocycles. The van der Waals surface area contributed by atoms with Crippen molar-refractivity contribution in [2.45, 2.75) is 6.54 Å². The molecule has 2 aromatic carbocycles. The molecule has 4 heteroatoms. The number of ether oxygens (including phenoxy) is 1. The standard InChI is InChI=1S/C24H20N3O/c1-28-24-23-21(16-20(25-24)19-12-6-3-7-13-19)26-15-9-8-14-22(26)27(23)17-18-10-4-2-5-11-18/h2-16H,17H2,1H3/q+1. The van der Waals surface area contributed by atoms with Gasteiger partial charge in [-0.2, -0.15) is 4.40 Å². The fraction of sp³-hybridized carbons (Fsp3) is 0.0833. The van der Waals surface area contributed by atoms with E-state index < -0.39 is 0 Å². The van der Waals surface area contributed by atoms with E-state index in [1.165, 1.54) is 5.56 Å². The predicted octanol–water partition coefficient (Wildman–Crippen LogP) is 4.50. The molecule has 0 aliphatic rings. The Morgan fingerprint density at radius 3 is 2.36 bits per heavy atom. The molecule has 0 radical (unpaired) electrons. The van der Waals surface area contributed by atoms with Crippen molar-refractivity contribution in [3.05, 3.63) is 96.7 Å². The van der Waals surface area contributed by atoms with Gasteiger partial charge in [0.05, 0.1) is 19.0 Å². The SMILES string of the molecule is COc1nc(-c2ccccc2)cc2c1[n+](Cc1ccccc1)c1ccccn21. The third kappa shape index (κ3) is 2.70. The summed E-state index contributed by atoms with van der Waals surface area (Å²) in [6.45, 7) is 0.751. The van der Waals surface area contributed by atoms with Crippen LogP contribution in [-0.2, 0) is 6.54 Å². The first-order chi connectivity index (χ1) is 13.8. The summed E-state index contributed by atoms with van der Waals surface area (Å²) in [7, 11) is 1.69. The number of rotatable bonds is 4. The summed E-state index contributed by atoms with van der Waals surface area (Å²) in [5.41, 5.74) is 6.39. The molecule has 0 saturated carbocycles. The minimum absolute atomic E-state index is 0.635. The van der Waals surface area contributed by atoms with Crippen molar-refractivity contribution in [1.82, 2.24) is 9.38 Å². The van der Waals surface area contributed by atoms with E-state index in [0.29, 0.717) is 5.88 Å². The highest BCUT2D eigenvalue weighted by Gasteiger charge is 2.25. The van der Waals surface area contributed by atoms with Crippen molar-refractivity contribution >= 4 is 16.7 Å². The van der Waals surface area contributed by atoms with Crippen LogP contribution in [0.1, 0.15) is 5.56 Å². The topological polar surface area (TPSA) is 30.4 Å². The summed E-state index contributed by atoms with van der Waals surface area (Å²) in [5, 5.41) is 0. The van der Waals surface area contributed by atoms with E-state index in [4.69, 9.17) is 9.72 Å². The highest BCUT2D eigenvalue weighted by molar-refractivity contribution is 5.84. The number of imidazole rings is 1. The summed E-state index contributed by atoms with van der Waals surface area (Å²) in [5.74, 6) is 0.635. The van der Waals surface area contributed by atoms with E-state index in [9.17, 15) is 0 Å². The average Bonchev–Trinajstić information content (AvgIpc) is 3.08. The van der Waals surface area contributed by atoms with Crippen LogP contribution in [0.4, 0.5) is 0 Å². The Morgan fingerprint density at radius 2 is 1.61 bits per heavy atom. The maximum absolute atomic E-state index is 5.75.